The van der Waals surface area contributed by atoms with Crippen LogP contribution in [0.25, 0.3) is 0 Å². The Balaban J connectivity index is 2.33. The van der Waals surface area contributed by atoms with Gasteiger partial charge in [0.2, 0.25) is 0 Å². The summed E-state index contributed by atoms with van der Waals surface area (Å²) in [4.78, 5) is 29.8. The van der Waals surface area contributed by atoms with E-state index in [0.29, 0.717) is 6.07 Å². The van der Waals surface area contributed by atoms with Crippen LogP contribution in [0.3, 0.4) is 0 Å². The summed E-state index contributed by atoms with van der Waals surface area (Å²) in [6.07, 6.45) is 2.28. The van der Waals surface area contributed by atoms with Crippen molar-refractivity contribution in [1.29, 1.82) is 0 Å². The fourth-order valence-electron chi connectivity index (χ4n) is 1.43. The molecule has 102 valence electrons. The lowest BCUT2D eigenvalue weighted by molar-refractivity contribution is 0.0691. The molecule has 20 heavy (non-hydrogen) atoms. The van der Waals surface area contributed by atoms with Gasteiger partial charge in [-0.15, -0.1) is 0 Å². The number of halogens is 2. The van der Waals surface area contributed by atoms with Crippen LogP contribution in [0, 0.1) is 11.6 Å². The van der Waals surface area contributed by atoms with E-state index in [0.717, 1.165) is 24.5 Å². The van der Waals surface area contributed by atoms with Crippen molar-refractivity contribution in [2.75, 3.05) is 5.32 Å². The van der Waals surface area contributed by atoms with Crippen molar-refractivity contribution in [3.63, 3.8) is 0 Å². The number of carboxylic acids is 1. The number of hydrogen-bond donors (Lipinski definition) is 2. The molecule has 0 atom stereocenters. The SMILES string of the molecule is O=C(Nc1nccnc1C(=O)O)c1cc(F)ccc1F. The van der Waals surface area contributed by atoms with Gasteiger partial charge in [-0.2, -0.15) is 0 Å². The number of amides is 1. The minimum absolute atomic E-state index is 0.353. The van der Waals surface area contributed by atoms with Crippen molar-refractivity contribution in [2.24, 2.45) is 0 Å². The highest BCUT2D eigenvalue weighted by atomic mass is 19.1. The largest absolute Gasteiger partial charge is 0.476 e. The van der Waals surface area contributed by atoms with Gasteiger partial charge in [-0.25, -0.2) is 23.5 Å². The van der Waals surface area contributed by atoms with Crippen molar-refractivity contribution in [3.8, 4) is 0 Å². The van der Waals surface area contributed by atoms with Crippen LogP contribution in [0.5, 0.6) is 0 Å². The molecular formula is C12H7F2N3O3. The molecule has 0 saturated heterocycles. The Bertz CT molecular complexity index is 691. The maximum atomic E-state index is 13.4. The van der Waals surface area contributed by atoms with Crippen LogP contribution in [0.1, 0.15) is 20.8 Å². The van der Waals surface area contributed by atoms with Crippen LogP contribution < -0.4 is 5.32 Å². The van der Waals surface area contributed by atoms with Crippen LogP contribution in [-0.4, -0.2) is 27.0 Å². The first-order valence-corrected chi connectivity index (χ1v) is 5.29. The van der Waals surface area contributed by atoms with Crippen LogP contribution in [0.2, 0.25) is 0 Å². The Labute approximate surface area is 111 Å². The second-order valence-corrected chi connectivity index (χ2v) is 3.64. The number of aromatic carboxylic acids is 1. The highest BCUT2D eigenvalue weighted by Gasteiger charge is 2.18. The molecule has 2 N–H and O–H groups in total. The van der Waals surface area contributed by atoms with E-state index in [1.807, 2.05) is 0 Å². The minimum Gasteiger partial charge on any atom is -0.476 e. The smallest absolute Gasteiger partial charge is 0.358 e. The van der Waals surface area contributed by atoms with E-state index < -0.39 is 34.8 Å². The van der Waals surface area contributed by atoms with Crippen LogP contribution in [-0.2, 0) is 0 Å². The lowest BCUT2D eigenvalue weighted by Crippen LogP contribution is -2.18. The van der Waals surface area contributed by atoms with Gasteiger partial charge in [0.1, 0.15) is 11.6 Å². The van der Waals surface area contributed by atoms with E-state index in [1.54, 1.807) is 0 Å². The van der Waals surface area contributed by atoms with Gasteiger partial charge >= 0.3 is 5.97 Å². The third kappa shape index (κ3) is 2.74. The number of rotatable bonds is 3. The molecule has 8 heteroatoms. The molecule has 1 amide bonds. The molecule has 0 bridgehead atoms. The average molecular weight is 279 g/mol. The zero-order valence-corrected chi connectivity index (χ0v) is 9.80. The van der Waals surface area contributed by atoms with Crippen LogP contribution >= 0.6 is 0 Å². The topological polar surface area (TPSA) is 92.2 Å². The standard InChI is InChI=1S/C12H7F2N3O3/c13-6-1-2-8(14)7(5-6)11(18)17-10-9(12(19)20)15-3-4-16-10/h1-5H,(H,19,20)(H,16,17,18). The Morgan fingerprint density at radius 3 is 2.55 bits per heavy atom. The van der Waals surface area contributed by atoms with Crippen LogP contribution in [0.4, 0.5) is 14.6 Å². The predicted octanol–water partition coefficient (Wildman–Crippen LogP) is 1.71. The summed E-state index contributed by atoms with van der Waals surface area (Å²) in [6.45, 7) is 0. The molecule has 0 radical (unpaired) electrons. The van der Waals surface area contributed by atoms with Crippen molar-refractivity contribution in [1.82, 2.24) is 9.97 Å². The average Bonchev–Trinajstić information content (AvgIpc) is 2.41. The Morgan fingerprint density at radius 1 is 1.15 bits per heavy atom. The number of anilines is 1. The second kappa shape index (κ2) is 5.39. The predicted molar refractivity (Wildman–Crippen MR) is 63.3 cm³/mol. The normalized spacial score (nSPS) is 10.1. The summed E-state index contributed by atoms with van der Waals surface area (Å²) in [5.74, 6) is -4.52. The van der Waals surface area contributed by atoms with E-state index in [-0.39, 0.29) is 5.82 Å². The number of hydrogen-bond acceptors (Lipinski definition) is 4. The van der Waals surface area contributed by atoms with Crippen molar-refractivity contribution >= 4 is 17.7 Å². The fourth-order valence-corrected chi connectivity index (χ4v) is 1.43. The molecule has 0 saturated carbocycles. The lowest BCUT2D eigenvalue weighted by atomic mass is 10.2. The second-order valence-electron chi connectivity index (χ2n) is 3.64. The Hall–Kier alpha value is -2.90. The summed E-state index contributed by atoms with van der Waals surface area (Å²) < 4.78 is 26.4. The molecule has 0 fully saturated rings. The molecule has 2 aromatic rings. The monoisotopic (exact) mass is 279 g/mol. The van der Waals surface area contributed by atoms with Crippen LogP contribution in [0.15, 0.2) is 30.6 Å². The molecule has 1 aromatic carbocycles. The first kappa shape index (κ1) is 13.5. The Kier molecular flexibility index (Phi) is 3.65. The van der Waals surface area contributed by atoms with Gasteiger partial charge in [0.15, 0.2) is 11.5 Å². The maximum absolute atomic E-state index is 13.4. The number of carbonyl (C=O) groups is 2. The quantitative estimate of drug-likeness (QED) is 0.892. The molecule has 0 aliphatic heterocycles. The van der Waals surface area contributed by atoms with E-state index in [1.165, 1.54) is 0 Å². The lowest BCUT2D eigenvalue weighted by Gasteiger charge is -2.07. The van der Waals surface area contributed by atoms with E-state index >= 15 is 0 Å². The zero-order valence-electron chi connectivity index (χ0n) is 9.80. The van der Waals surface area contributed by atoms with Gasteiger partial charge in [-0.1, -0.05) is 0 Å². The molecule has 0 unspecified atom stereocenters. The van der Waals surface area contributed by atoms with Gasteiger partial charge < -0.3 is 10.4 Å². The minimum atomic E-state index is -1.41. The number of carbonyl (C=O) groups excluding carboxylic acids is 1. The molecule has 6 nitrogen and oxygen atoms in total. The third-order valence-electron chi connectivity index (χ3n) is 2.31. The zero-order chi connectivity index (χ0) is 14.7. The van der Waals surface area contributed by atoms with E-state index in [2.05, 4.69) is 15.3 Å². The van der Waals surface area contributed by atoms with Gasteiger partial charge in [-0.05, 0) is 18.2 Å². The number of carboxylic acid groups (broad SMARTS) is 1. The number of nitrogens with one attached hydrogen (secondary N) is 1. The first-order chi connectivity index (χ1) is 9.49. The molecule has 1 aromatic heterocycles. The number of benzene rings is 1. The number of nitrogens with zero attached hydrogens (tertiary/aromatic N) is 2. The van der Waals surface area contributed by atoms with Crippen molar-refractivity contribution in [2.45, 2.75) is 0 Å². The summed E-state index contributed by atoms with van der Waals surface area (Å²) in [5, 5.41) is 10.9. The molecule has 0 aliphatic carbocycles. The number of aromatic nitrogens is 2. The van der Waals surface area contributed by atoms with Crippen molar-refractivity contribution in [3.05, 3.63) is 53.5 Å². The van der Waals surface area contributed by atoms with Gasteiger partial charge in [0.05, 0.1) is 5.56 Å². The summed E-state index contributed by atoms with van der Waals surface area (Å²) >= 11 is 0. The highest BCUT2D eigenvalue weighted by molar-refractivity contribution is 6.06. The van der Waals surface area contributed by atoms with Crippen molar-refractivity contribution < 1.29 is 23.5 Å². The van der Waals surface area contributed by atoms with E-state index in [9.17, 15) is 18.4 Å². The highest BCUT2D eigenvalue weighted by Crippen LogP contribution is 2.14. The molecule has 0 spiro atoms. The summed E-state index contributed by atoms with van der Waals surface area (Å²) in [7, 11) is 0. The molecular weight excluding hydrogens is 272 g/mol. The van der Waals surface area contributed by atoms with E-state index in [4.69, 9.17) is 5.11 Å². The van der Waals surface area contributed by atoms with Gasteiger partial charge in [-0.3, -0.25) is 4.79 Å². The fraction of sp³-hybridized carbons (Fsp3) is 0. The summed E-state index contributed by atoms with van der Waals surface area (Å²) in [6, 6.07) is 2.34. The third-order valence-corrected chi connectivity index (χ3v) is 2.31. The Morgan fingerprint density at radius 2 is 1.85 bits per heavy atom. The molecule has 1 heterocycles. The summed E-state index contributed by atoms with van der Waals surface area (Å²) in [5.41, 5.74) is -1.07. The van der Waals surface area contributed by atoms with Gasteiger partial charge in [0.25, 0.3) is 5.91 Å². The van der Waals surface area contributed by atoms with Gasteiger partial charge in [0, 0.05) is 12.4 Å². The molecule has 0 aliphatic rings. The maximum Gasteiger partial charge on any atom is 0.358 e. The first-order valence-electron chi connectivity index (χ1n) is 5.29. The molecule has 2 rings (SSSR count).